The molecule has 0 aliphatic heterocycles. The van der Waals surface area contributed by atoms with Crippen molar-refractivity contribution < 1.29 is 15.1 Å². The quantitative estimate of drug-likeness (QED) is 0.413. The Hall–Kier alpha value is -0.680. The molecule has 0 aromatic heterocycles. The van der Waals surface area contributed by atoms with E-state index in [0.717, 1.165) is 0 Å². The van der Waals surface area contributed by atoms with Gasteiger partial charge in [0.15, 0.2) is 0 Å². The molecular formula is C5H11NO4. The zero-order valence-electron chi connectivity index (χ0n) is 5.78. The molecular weight excluding hydrogens is 138 g/mol. The van der Waals surface area contributed by atoms with Crippen LogP contribution in [0.3, 0.4) is 0 Å². The van der Waals surface area contributed by atoms with Gasteiger partial charge in [0.05, 0.1) is 0 Å². The molecule has 0 fully saturated rings. The zero-order chi connectivity index (χ0) is 8.20. The van der Waals surface area contributed by atoms with E-state index in [4.69, 9.17) is 10.2 Å². The lowest BCUT2D eigenvalue weighted by atomic mass is 10.0. The summed E-state index contributed by atoms with van der Waals surface area (Å²) in [6, 6.07) is 0. The summed E-state index contributed by atoms with van der Waals surface area (Å²) >= 11 is 0. The van der Waals surface area contributed by atoms with Crippen molar-refractivity contribution in [2.45, 2.75) is 18.9 Å². The Morgan fingerprint density at radius 3 is 2.20 bits per heavy atom. The van der Waals surface area contributed by atoms with Crippen molar-refractivity contribution in [2.24, 2.45) is 0 Å². The molecule has 5 heteroatoms. The first-order valence-electron chi connectivity index (χ1n) is 2.93. The van der Waals surface area contributed by atoms with E-state index in [1.54, 1.807) is 0 Å². The van der Waals surface area contributed by atoms with Gasteiger partial charge in [0.25, 0.3) is 0 Å². The highest BCUT2D eigenvalue weighted by Crippen LogP contribution is 2.11. The van der Waals surface area contributed by atoms with E-state index >= 15 is 0 Å². The molecule has 0 bridgehead atoms. The van der Waals surface area contributed by atoms with Crippen molar-refractivity contribution >= 4 is 0 Å². The van der Waals surface area contributed by atoms with E-state index in [1.807, 2.05) is 0 Å². The van der Waals surface area contributed by atoms with Crippen LogP contribution in [0.5, 0.6) is 0 Å². The molecule has 0 spiro atoms. The molecule has 0 heterocycles. The summed E-state index contributed by atoms with van der Waals surface area (Å²) in [6.07, 6.45) is -0.0174. The maximum atomic E-state index is 10.2. The Morgan fingerprint density at radius 1 is 1.60 bits per heavy atom. The summed E-state index contributed by atoms with van der Waals surface area (Å²) in [4.78, 5) is 9.60. The largest absolute Gasteiger partial charge is 0.396 e. The average molecular weight is 149 g/mol. The van der Waals surface area contributed by atoms with Gasteiger partial charge in [0.2, 0.25) is 5.54 Å². The monoisotopic (exact) mass is 149 g/mol. The molecule has 0 aliphatic carbocycles. The van der Waals surface area contributed by atoms with E-state index in [-0.39, 0.29) is 13.0 Å². The van der Waals surface area contributed by atoms with Crippen molar-refractivity contribution in [3.8, 4) is 0 Å². The Labute approximate surface area is 58.4 Å². The highest BCUT2D eigenvalue weighted by molar-refractivity contribution is 4.71. The normalized spacial score (nSPS) is 16.3. The first-order chi connectivity index (χ1) is 4.56. The second-order valence-electron chi connectivity index (χ2n) is 2.39. The van der Waals surface area contributed by atoms with Crippen molar-refractivity contribution in [3.63, 3.8) is 0 Å². The van der Waals surface area contributed by atoms with Gasteiger partial charge in [-0.3, -0.25) is 10.1 Å². The van der Waals surface area contributed by atoms with E-state index in [9.17, 15) is 10.1 Å². The van der Waals surface area contributed by atoms with Crippen LogP contribution in [-0.2, 0) is 0 Å². The van der Waals surface area contributed by atoms with Gasteiger partial charge < -0.3 is 10.2 Å². The summed E-state index contributed by atoms with van der Waals surface area (Å²) < 4.78 is 0. The molecule has 0 amide bonds. The molecule has 2 N–H and O–H groups in total. The fraction of sp³-hybridized carbons (Fsp3) is 1.00. The number of hydrogen-bond donors (Lipinski definition) is 2. The maximum Gasteiger partial charge on any atom is 0.244 e. The van der Waals surface area contributed by atoms with Crippen LogP contribution < -0.4 is 0 Å². The van der Waals surface area contributed by atoms with Gasteiger partial charge in [-0.15, -0.1) is 0 Å². The second kappa shape index (κ2) is 3.48. The van der Waals surface area contributed by atoms with Gasteiger partial charge in [-0.25, -0.2) is 0 Å². The first-order valence-corrected chi connectivity index (χ1v) is 2.93. The van der Waals surface area contributed by atoms with Crippen LogP contribution in [0.25, 0.3) is 0 Å². The van der Waals surface area contributed by atoms with E-state index < -0.39 is 17.1 Å². The van der Waals surface area contributed by atoms with Gasteiger partial charge in [-0.2, -0.15) is 0 Å². The highest BCUT2D eigenvalue weighted by atomic mass is 16.6. The Morgan fingerprint density at radius 2 is 2.10 bits per heavy atom. The molecule has 1 unspecified atom stereocenters. The molecule has 0 saturated carbocycles. The molecule has 0 aliphatic rings. The topological polar surface area (TPSA) is 83.6 Å². The predicted molar refractivity (Wildman–Crippen MR) is 34.2 cm³/mol. The van der Waals surface area contributed by atoms with Crippen LogP contribution in [0, 0.1) is 10.1 Å². The van der Waals surface area contributed by atoms with Gasteiger partial charge >= 0.3 is 0 Å². The van der Waals surface area contributed by atoms with Gasteiger partial charge in [0, 0.05) is 24.9 Å². The minimum Gasteiger partial charge on any atom is -0.396 e. The average Bonchev–Trinajstić information content (AvgIpc) is 1.88. The van der Waals surface area contributed by atoms with Crippen molar-refractivity contribution in [1.29, 1.82) is 0 Å². The fourth-order valence-corrected chi connectivity index (χ4v) is 0.469. The summed E-state index contributed by atoms with van der Waals surface area (Å²) in [5.74, 6) is 0. The lowest BCUT2D eigenvalue weighted by molar-refractivity contribution is -0.570. The lowest BCUT2D eigenvalue weighted by Crippen LogP contribution is -2.39. The third-order valence-corrected chi connectivity index (χ3v) is 1.43. The van der Waals surface area contributed by atoms with Crippen LogP contribution in [0.4, 0.5) is 0 Å². The van der Waals surface area contributed by atoms with Crippen LogP contribution in [-0.4, -0.2) is 33.9 Å². The second-order valence-corrected chi connectivity index (χ2v) is 2.39. The Kier molecular flexibility index (Phi) is 3.24. The zero-order valence-corrected chi connectivity index (χ0v) is 5.78. The smallest absolute Gasteiger partial charge is 0.244 e. The molecule has 5 nitrogen and oxygen atoms in total. The number of aliphatic hydroxyl groups is 2. The van der Waals surface area contributed by atoms with Gasteiger partial charge in [0.1, 0.15) is 6.61 Å². The molecule has 0 saturated heterocycles. The van der Waals surface area contributed by atoms with Crippen molar-refractivity contribution in [1.82, 2.24) is 0 Å². The van der Waals surface area contributed by atoms with Crippen molar-refractivity contribution in [2.75, 3.05) is 13.2 Å². The molecule has 0 radical (unpaired) electrons. The van der Waals surface area contributed by atoms with Crippen LogP contribution in [0.1, 0.15) is 13.3 Å². The number of rotatable bonds is 4. The molecule has 10 heavy (non-hydrogen) atoms. The number of nitrogens with zero attached hydrogens (tertiary/aromatic N) is 1. The maximum absolute atomic E-state index is 10.2. The number of hydrogen-bond acceptors (Lipinski definition) is 4. The molecule has 0 rings (SSSR count). The van der Waals surface area contributed by atoms with Crippen LogP contribution in [0.2, 0.25) is 0 Å². The van der Waals surface area contributed by atoms with E-state index in [2.05, 4.69) is 0 Å². The third kappa shape index (κ3) is 1.93. The summed E-state index contributed by atoms with van der Waals surface area (Å²) in [5, 5.41) is 27.1. The molecule has 1 atom stereocenters. The molecule has 0 aromatic carbocycles. The number of nitro groups is 1. The summed E-state index contributed by atoms with van der Waals surface area (Å²) in [6.45, 7) is 0.474. The Balaban J connectivity index is 4.08. The minimum atomic E-state index is -1.38. The SMILES string of the molecule is CC(CO)(CCO)[N+](=O)[O-]. The lowest BCUT2D eigenvalue weighted by Gasteiger charge is -2.15. The Bertz CT molecular complexity index is 127. The predicted octanol–water partition coefficient (Wildman–Crippen LogP) is -0.603. The highest BCUT2D eigenvalue weighted by Gasteiger charge is 2.35. The van der Waals surface area contributed by atoms with Crippen LogP contribution >= 0.6 is 0 Å². The van der Waals surface area contributed by atoms with Gasteiger partial charge in [-0.1, -0.05) is 0 Å². The van der Waals surface area contributed by atoms with Crippen molar-refractivity contribution in [3.05, 3.63) is 10.1 Å². The third-order valence-electron chi connectivity index (χ3n) is 1.43. The fourth-order valence-electron chi connectivity index (χ4n) is 0.469. The van der Waals surface area contributed by atoms with Crippen LogP contribution in [0.15, 0.2) is 0 Å². The summed E-state index contributed by atoms with van der Waals surface area (Å²) in [5.41, 5.74) is -1.38. The molecule has 60 valence electrons. The first kappa shape index (κ1) is 9.32. The number of aliphatic hydroxyl groups excluding tert-OH is 2. The van der Waals surface area contributed by atoms with Gasteiger partial charge in [-0.05, 0) is 0 Å². The molecule has 0 aromatic rings. The minimum absolute atomic E-state index is 0.0174. The van der Waals surface area contributed by atoms with E-state index in [1.165, 1.54) is 6.92 Å². The van der Waals surface area contributed by atoms with E-state index in [0.29, 0.717) is 0 Å². The standard InChI is InChI=1S/C5H11NO4/c1-5(4-8,2-3-7)6(9)10/h7-8H,2-4H2,1H3. The summed E-state index contributed by atoms with van der Waals surface area (Å²) in [7, 11) is 0.